The molecule has 3 heteroatoms. The van der Waals surface area contributed by atoms with Gasteiger partial charge >= 0.3 is 0 Å². The first kappa shape index (κ1) is 10.4. The molecule has 2 atom stereocenters. The van der Waals surface area contributed by atoms with Crippen molar-refractivity contribution in [2.45, 2.75) is 31.7 Å². The Kier molecular flexibility index (Phi) is 3.79. The van der Waals surface area contributed by atoms with Crippen LogP contribution in [-0.4, -0.2) is 43.8 Å². The number of likely N-dealkylation sites (tertiary alicyclic amines) is 1. The molecule has 14 heavy (non-hydrogen) atoms. The average molecular weight is 198 g/mol. The molecule has 0 aliphatic carbocycles. The minimum absolute atomic E-state index is 0.410. The standard InChI is InChI=1S/C11H22N2O/c12-11-4-1-5-13(8-11)7-10-3-2-6-14-9-10/h10-11H,1-9,12H2/t10?,11-/m1/s1. The smallest absolute Gasteiger partial charge is 0.0506 e. The zero-order valence-electron chi connectivity index (χ0n) is 8.95. The van der Waals surface area contributed by atoms with E-state index in [1.54, 1.807) is 0 Å². The third-order valence-corrected chi connectivity index (χ3v) is 3.31. The second-order valence-corrected chi connectivity index (χ2v) is 4.75. The molecule has 1 unspecified atom stereocenters. The van der Waals surface area contributed by atoms with Gasteiger partial charge in [-0.3, -0.25) is 0 Å². The third kappa shape index (κ3) is 2.94. The Bertz CT molecular complexity index is 169. The van der Waals surface area contributed by atoms with Crippen molar-refractivity contribution < 1.29 is 4.74 Å². The van der Waals surface area contributed by atoms with Crippen molar-refractivity contribution in [3.8, 4) is 0 Å². The van der Waals surface area contributed by atoms with Gasteiger partial charge in [-0.15, -0.1) is 0 Å². The van der Waals surface area contributed by atoms with Crippen molar-refractivity contribution in [1.29, 1.82) is 0 Å². The van der Waals surface area contributed by atoms with E-state index in [9.17, 15) is 0 Å². The van der Waals surface area contributed by atoms with E-state index in [0.717, 1.165) is 25.7 Å². The van der Waals surface area contributed by atoms with Crippen molar-refractivity contribution in [2.24, 2.45) is 11.7 Å². The molecule has 2 rings (SSSR count). The molecule has 2 heterocycles. The predicted molar refractivity (Wildman–Crippen MR) is 57.2 cm³/mol. The molecule has 2 aliphatic heterocycles. The van der Waals surface area contributed by atoms with Crippen LogP contribution in [0.25, 0.3) is 0 Å². The largest absolute Gasteiger partial charge is 0.381 e. The Balaban J connectivity index is 1.72. The number of hydrogen-bond donors (Lipinski definition) is 1. The molecule has 0 aromatic heterocycles. The number of nitrogens with two attached hydrogens (primary N) is 1. The highest BCUT2D eigenvalue weighted by Crippen LogP contribution is 2.17. The lowest BCUT2D eigenvalue weighted by atomic mass is 9.99. The van der Waals surface area contributed by atoms with E-state index in [1.165, 1.54) is 38.8 Å². The summed E-state index contributed by atoms with van der Waals surface area (Å²) in [5, 5.41) is 0. The quantitative estimate of drug-likeness (QED) is 0.714. The molecule has 0 bridgehead atoms. The molecule has 2 saturated heterocycles. The average Bonchev–Trinajstić information content (AvgIpc) is 2.19. The summed E-state index contributed by atoms with van der Waals surface area (Å²) in [7, 11) is 0. The zero-order chi connectivity index (χ0) is 9.80. The lowest BCUT2D eigenvalue weighted by Gasteiger charge is -2.34. The van der Waals surface area contributed by atoms with Crippen LogP contribution in [0.3, 0.4) is 0 Å². The zero-order valence-corrected chi connectivity index (χ0v) is 8.95. The maximum Gasteiger partial charge on any atom is 0.0506 e. The van der Waals surface area contributed by atoms with E-state index in [4.69, 9.17) is 10.5 Å². The van der Waals surface area contributed by atoms with Gasteiger partial charge in [0.25, 0.3) is 0 Å². The summed E-state index contributed by atoms with van der Waals surface area (Å²) in [5.41, 5.74) is 5.96. The summed E-state index contributed by atoms with van der Waals surface area (Å²) >= 11 is 0. The molecule has 0 aromatic carbocycles. The lowest BCUT2D eigenvalue weighted by molar-refractivity contribution is 0.0343. The van der Waals surface area contributed by atoms with Gasteiger partial charge in [-0.2, -0.15) is 0 Å². The highest BCUT2D eigenvalue weighted by molar-refractivity contribution is 4.77. The van der Waals surface area contributed by atoms with Gasteiger partial charge in [-0.05, 0) is 38.1 Å². The second kappa shape index (κ2) is 5.10. The Morgan fingerprint density at radius 1 is 1.29 bits per heavy atom. The van der Waals surface area contributed by atoms with E-state index in [0.29, 0.717) is 6.04 Å². The predicted octanol–water partition coefficient (Wildman–Crippen LogP) is 0.836. The summed E-state index contributed by atoms with van der Waals surface area (Å²) < 4.78 is 5.49. The molecule has 0 radical (unpaired) electrons. The fourth-order valence-corrected chi connectivity index (χ4v) is 2.57. The monoisotopic (exact) mass is 198 g/mol. The highest BCUT2D eigenvalue weighted by atomic mass is 16.5. The molecule has 2 N–H and O–H groups in total. The Labute approximate surface area is 86.6 Å². The third-order valence-electron chi connectivity index (χ3n) is 3.31. The van der Waals surface area contributed by atoms with Gasteiger partial charge in [-0.25, -0.2) is 0 Å². The van der Waals surface area contributed by atoms with Crippen molar-refractivity contribution in [1.82, 2.24) is 4.90 Å². The fraction of sp³-hybridized carbons (Fsp3) is 1.00. The van der Waals surface area contributed by atoms with Crippen LogP contribution < -0.4 is 5.73 Å². The summed E-state index contributed by atoms with van der Waals surface area (Å²) in [6, 6.07) is 0.410. The van der Waals surface area contributed by atoms with E-state index < -0.39 is 0 Å². The van der Waals surface area contributed by atoms with E-state index in [1.807, 2.05) is 0 Å². The minimum atomic E-state index is 0.410. The van der Waals surface area contributed by atoms with Crippen LogP contribution in [-0.2, 0) is 4.74 Å². The van der Waals surface area contributed by atoms with Gasteiger partial charge in [-0.1, -0.05) is 0 Å². The maximum absolute atomic E-state index is 5.96. The number of rotatable bonds is 2. The Hall–Kier alpha value is -0.120. The van der Waals surface area contributed by atoms with Crippen molar-refractivity contribution in [3.05, 3.63) is 0 Å². The summed E-state index contributed by atoms with van der Waals surface area (Å²) in [6.07, 6.45) is 5.06. The van der Waals surface area contributed by atoms with Crippen molar-refractivity contribution in [2.75, 3.05) is 32.8 Å². The molecule has 0 spiro atoms. The van der Waals surface area contributed by atoms with Crippen LogP contribution in [0, 0.1) is 5.92 Å². The first-order valence-electron chi connectivity index (χ1n) is 5.90. The van der Waals surface area contributed by atoms with Gasteiger partial charge in [0, 0.05) is 25.7 Å². The second-order valence-electron chi connectivity index (χ2n) is 4.75. The fourth-order valence-electron chi connectivity index (χ4n) is 2.57. The lowest BCUT2D eigenvalue weighted by Crippen LogP contribution is -2.45. The van der Waals surface area contributed by atoms with Crippen molar-refractivity contribution in [3.63, 3.8) is 0 Å². The summed E-state index contributed by atoms with van der Waals surface area (Å²) in [5.74, 6) is 0.758. The van der Waals surface area contributed by atoms with Crippen LogP contribution in [0.2, 0.25) is 0 Å². The summed E-state index contributed by atoms with van der Waals surface area (Å²) in [6.45, 7) is 5.47. The molecule has 82 valence electrons. The van der Waals surface area contributed by atoms with Crippen LogP contribution in [0.5, 0.6) is 0 Å². The summed E-state index contributed by atoms with van der Waals surface area (Å²) in [4.78, 5) is 2.52. The molecular formula is C11H22N2O. The topological polar surface area (TPSA) is 38.5 Å². The van der Waals surface area contributed by atoms with Gasteiger partial charge in [0.05, 0.1) is 6.61 Å². The number of hydrogen-bond acceptors (Lipinski definition) is 3. The van der Waals surface area contributed by atoms with E-state index in [2.05, 4.69) is 4.90 Å². The van der Waals surface area contributed by atoms with Crippen molar-refractivity contribution >= 4 is 0 Å². The van der Waals surface area contributed by atoms with Gasteiger partial charge < -0.3 is 15.4 Å². The van der Waals surface area contributed by atoms with Gasteiger partial charge in [0.15, 0.2) is 0 Å². The van der Waals surface area contributed by atoms with Gasteiger partial charge in [0.2, 0.25) is 0 Å². The number of ether oxygens (including phenoxy) is 1. The Morgan fingerprint density at radius 3 is 2.93 bits per heavy atom. The minimum Gasteiger partial charge on any atom is -0.381 e. The highest BCUT2D eigenvalue weighted by Gasteiger charge is 2.21. The van der Waals surface area contributed by atoms with E-state index >= 15 is 0 Å². The van der Waals surface area contributed by atoms with E-state index in [-0.39, 0.29) is 0 Å². The SMILES string of the molecule is N[C@@H]1CCCN(CC2CCCOC2)C1. The number of piperidine rings is 1. The molecule has 0 aromatic rings. The first-order chi connectivity index (χ1) is 6.84. The molecule has 3 nitrogen and oxygen atoms in total. The molecule has 0 amide bonds. The molecular weight excluding hydrogens is 176 g/mol. The number of nitrogens with zero attached hydrogens (tertiary/aromatic N) is 1. The first-order valence-corrected chi connectivity index (χ1v) is 5.90. The maximum atomic E-state index is 5.96. The van der Waals surface area contributed by atoms with Crippen LogP contribution in [0.15, 0.2) is 0 Å². The Morgan fingerprint density at radius 2 is 2.21 bits per heavy atom. The van der Waals surface area contributed by atoms with Gasteiger partial charge in [0.1, 0.15) is 0 Å². The molecule has 0 saturated carbocycles. The molecule has 2 aliphatic rings. The van der Waals surface area contributed by atoms with Crippen LogP contribution in [0.1, 0.15) is 25.7 Å². The van der Waals surface area contributed by atoms with Crippen LogP contribution in [0.4, 0.5) is 0 Å². The normalized spacial score (nSPS) is 35.8. The molecule has 2 fully saturated rings. The van der Waals surface area contributed by atoms with Crippen LogP contribution >= 0.6 is 0 Å².